The van der Waals surface area contributed by atoms with Crippen LogP contribution in [0.5, 0.6) is 0 Å². The number of rotatable bonds is 8. The molecule has 1 N–H and O–H groups in total. The second kappa shape index (κ2) is 7.54. The SMILES string of the molecule is CCCn1nccc1C(NC)C(OCC)C(C)C. The Bertz CT molecular complexity index is 336. The lowest BCUT2D eigenvalue weighted by Crippen LogP contribution is -2.37. The summed E-state index contributed by atoms with van der Waals surface area (Å²) in [6, 6.07) is 2.28. The van der Waals surface area contributed by atoms with Gasteiger partial charge in [-0.3, -0.25) is 4.68 Å². The zero-order chi connectivity index (χ0) is 13.5. The molecule has 0 radical (unpaired) electrons. The molecule has 4 nitrogen and oxygen atoms in total. The van der Waals surface area contributed by atoms with Crippen molar-refractivity contribution >= 4 is 0 Å². The van der Waals surface area contributed by atoms with Gasteiger partial charge in [0.1, 0.15) is 0 Å². The van der Waals surface area contributed by atoms with Crippen molar-refractivity contribution in [3.05, 3.63) is 18.0 Å². The van der Waals surface area contributed by atoms with Crippen molar-refractivity contribution in [2.75, 3.05) is 13.7 Å². The molecule has 0 saturated heterocycles. The average Bonchev–Trinajstić information content (AvgIpc) is 2.78. The van der Waals surface area contributed by atoms with E-state index in [1.165, 1.54) is 5.69 Å². The average molecular weight is 253 g/mol. The Hall–Kier alpha value is -0.870. The molecule has 0 amide bonds. The molecule has 1 heterocycles. The molecule has 2 atom stereocenters. The van der Waals surface area contributed by atoms with Crippen LogP contribution in [0, 0.1) is 5.92 Å². The zero-order valence-electron chi connectivity index (χ0n) is 12.3. The van der Waals surface area contributed by atoms with Gasteiger partial charge in [0.05, 0.1) is 17.8 Å². The van der Waals surface area contributed by atoms with E-state index in [4.69, 9.17) is 4.74 Å². The van der Waals surface area contributed by atoms with Gasteiger partial charge in [-0.05, 0) is 32.4 Å². The Balaban J connectivity index is 2.95. The molecular weight excluding hydrogens is 226 g/mol. The van der Waals surface area contributed by atoms with Crippen molar-refractivity contribution in [2.45, 2.75) is 52.8 Å². The Labute approximate surface area is 111 Å². The summed E-state index contributed by atoms with van der Waals surface area (Å²) in [6.07, 6.45) is 3.14. The van der Waals surface area contributed by atoms with E-state index in [1.54, 1.807) is 0 Å². The van der Waals surface area contributed by atoms with E-state index >= 15 is 0 Å². The second-order valence-corrected chi connectivity index (χ2v) is 4.91. The molecule has 2 unspecified atom stereocenters. The first-order valence-corrected chi connectivity index (χ1v) is 6.96. The summed E-state index contributed by atoms with van der Waals surface area (Å²) < 4.78 is 7.99. The van der Waals surface area contributed by atoms with Gasteiger partial charge < -0.3 is 10.1 Å². The van der Waals surface area contributed by atoms with E-state index in [1.807, 2.05) is 20.2 Å². The lowest BCUT2D eigenvalue weighted by Gasteiger charge is -2.30. The maximum Gasteiger partial charge on any atom is 0.0807 e. The summed E-state index contributed by atoms with van der Waals surface area (Å²) in [7, 11) is 1.99. The number of aryl methyl sites for hydroxylation is 1. The summed E-state index contributed by atoms with van der Waals surface area (Å²) in [6.45, 7) is 10.3. The number of nitrogens with zero attached hydrogens (tertiary/aromatic N) is 2. The molecule has 1 rings (SSSR count). The van der Waals surface area contributed by atoms with Crippen LogP contribution in [0.4, 0.5) is 0 Å². The van der Waals surface area contributed by atoms with Gasteiger partial charge in [0.25, 0.3) is 0 Å². The van der Waals surface area contributed by atoms with Crippen LogP contribution < -0.4 is 5.32 Å². The van der Waals surface area contributed by atoms with E-state index in [0.29, 0.717) is 5.92 Å². The first kappa shape index (κ1) is 15.2. The van der Waals surface area contributed by atoms with Crippen molar-refractivity contribution in [2.24, 2.45) is 5.92 Å². The maximum atomic E-state index is 5.91. The topological polar surface area (TPSA) is 39.1 Å². The van der Waals surface area contributed by atoms with Crippen molar-refractivity contribution in [3.8, 4) is 0 Å². The monoisotopic (exact) mass is 253 g/mol. The number of hydrogen-bond donors (Lipinski definition) is 1. The Morgan fingerprint density at radius 3 is 2.61 bits per heavy atom. The molecule has 4 heteroatoms. The Kier molecular flexibility index (Phi) is 6.36. The normalized spacial score (nSPS) is 15.0. The molecular formula is C14H27N3O. The summed E-state index contributed by atoms with van der Waals surface area (Å²) in [5, 5.41) is 7.78. The first-order chi connectivity index (χ1) is 8.65. The van der Waals surface area contributed by atoms with E-state index < -0.39 is 0 Å². The van der Waals surface area contributed by atoms with Crippen molar-refractivity contribution in [1.29, 1.82) is 0 Å². The fourth-order valence-corrected chi connectivity index (χ4v) is 2.35. The standard InChI is InChI=1S/C14H27N3O/c1-6-10-17-12(8-9-16-17)13(15-5)14(11(3)4)18-7-2/h8-9,11,13-15H,6-7,10H2,1-5H3. The fraction of sp³-hybridized carbons (Fsp3) is 0.786. The summed E-state index contributed by atoms with van der Waals surface area (Å²) >= 11 is 0. The Morgan fingerprint density at radius 1 is 1.39 bits per heavy atom. The van der Waals surface area contributed by atoms with Gasteiger partial charge in [-0.1, -0.05) is 20.8 Å². The molecule has 104 valence electrons. The quantitative estimate of drug-likeness (QED) is 0.774. The highest BCUT2D eigenvalue weighted by atomic mass is 16.5. The largest absolute Gasteiger partial charge is 0.376 e. The van der Waals surface area contributed by atoms with E-state index in [9.17, 15) is 0 Å². The predicted molar refractivity (Wildman–Crippen MR) is 74.6 cm³/mol. The van der Waals surface area contributed by atoms with Gasteiger partial charge in [-0.25, -0.2) is 0 Å². The lowest BCUT2D eigenvalue weighted by molar-refractivity contribution is 0.00253. The minimum Gasteiger partial charge on any atom is -0.376 e. The minimum atomic E-state index is 0.173. The van der Waals surface area contributed by atoms with E-state index in [0.717, 1.165) is 19.6 Å². The summed E-state index contributed by atoms with van der Waals surface area (Å²) in [4.78, 5) is 0. The number of nitrogens with one attached hydrogen (secondary N) is 1. The van der Waals surface area contributed by atoms with Crippen LogP contribution in [-0.2, 0) is 11.3 Å². The molecule has 1 aromatic heterocycles. The molecule has 0 aliphatic heterocycles. The fourth-order valence-electron chi connectivity index (χ4n) is 2.35. The third-order valence-electron chi connectivity index (χ3n) is 3.16. The highest BCUT2D eigenvalue weighted by Gasteiger charge is 2.27. The number of likely N-dealkylation sites (N-methyl/N-ethyl adjacent to an activating group) is 1. The van der Waals surface area contributed by atoms with Gasteiger partial charge in [-0.2, -0.15) is 5.10 Å². The number of aromatic nitrogens is 2. The third-order valence-corrected chi connectivity index (χ3v) is 3.16. The van der Waals surface area contributed by atoms with Gasteiger partial charge in [0.15, 0.2) is 0 Å². The predicted octanol–water partition coefficient (Wildman–Crippen LogP) is 2.61. The number of ether oxygens (including phenoxy) is 1. The van der Waals surface area contributed by atoms with Gasteiger partial charge in [0.2, 0.25) is 0 Å². The van der Waals surface area contributed by atoms with Crippen LogP contribution in [0.1, 0.15) is 45.9 Å². The van der Waals surface area contributed by atoms with E-state index in [-0.39, 0.29) is 12.1 Å². The zero-order valence-corrected chi connectivity index (χ0v) is 12.3. The molecule has 1 aromatic rings. The highest BCUT2D eigenvalue weighted by molar-refractivity contribution is 5.09. The molecule has 0 saturated carbocycles. The van der Waals surface area contributed by atoms with Gasteiger partial charge >= 0.3 is 0 Å². The van der Waals surface area contributed by atoms with Crippen LogP contribution in [0.3, 0.4) is 0 Å². The van der Waals surface area contributed by atoms with Crippen molar-refractivity contribution in [1.82, 2.24) is 15.1 Å². The maximum absolute atomic E-state index is 5.91. The molecule has 0 bridgehead atoms. The lowest BCUT2D eigenvalue weighted by atomic mass is 9.97. The van der Waals surface area contributed by atoms with Crippen molar-refractivity contribution < 1.29 is 4.74 Å². The first-order valence-electron chi connectivity index (χ1n) is 6.96. The summed E-state index contributed by atoms with van der Waals surface area (Å²) in [5.74, 6) is 0.465. The molecule has 0 aliphatic rings. The molecule has 0 fully saturated rings. The molecule has 0 aromatic carbocycles. The van der Waals surface area contributed by atoms with Gasteiger partial charge in [0, 0.05) is 19.3 Å². The minimum absolute atomic E-state index is 0.173. The van der Waals surface area contributed by atoms with E-state index in [2.05, 4.69) is 41.9 Å². The Morgan fingerprint density at radius 2 is 2.11 bits per heavy atom. The van der Waals surface area contributed by atoms with Gasteiger partial charge in [-0.15, -0.1) is 0 Å². The third kappa shape index (κ3) is 3.56. The van der Waals surface area contributed by atoms with Crippen LogP contribution in [0.2, 0.25) is 0 Å². The summed E-state index contributed by atoms with van der Waals surface area (Å²) in [5.41, 5.74) is 1.21. The molecule has 0 aliphatic carbocycles. The number of hydrogen-bond acceptors (Lipinski definition) is 3. The second-order valence-electron chi connectivity index (χ2n) is 4.91. The highest BCUT2D eigenvalue weighted by Crippen LogP contribution is 2.24. The van der Waals surface area contributed by atoms with Crippen molar-refractivity contribution in [3.63, 3.8) is 0 Å². The van der Waals surface area contributed by atoms with Crippen LogP contribution in [0.25, 0.3) is 0 Å². The molecule has 0 spiro atoms. The molecule has 18 heavy (non-hydrogen) atoms. The smallest absolute Gasteiger partial charge is 0.0807 e. The van der Waals surface area contributed by atoms with Crippen LogP contribution in [-0.4, -0.2) is 29.5 Å². The van der Waals surface area contributed by atoms with Crippen LogP contribution >= 0.6 is 0 Å². The van der Waals surface area contributed by atoms with Crippen LogP contribution in [0.15, 0.2) is 12.3 Å².